The number of rotatable bonds is 5. The van der Waals surface area contributed by atoms with Crippen LogP contribution in [0.15, 0.2) is 12.1 Å². The minimum Gasteiger partial charge on any atom is -0.493 e. The summed E-state index contributed by atoms with van der Waals surface area (Å²) in [6, 6.07) is 3.85. The van der Waals surface area contributed by atoms with Gasteiger partial charge in [0.1, 0.15) is 6.10 Å². The molecule has 4 rings (SSSR count). The summed E-state index contributed by atoms with van der Waals surface area (Å²) < 4.78 is 40.4. The first-order valence-electron chi connectivity index (χ1n) is 10.9. The fourth-order valence-electron chi connectivity index (χ4n) is 4.81. The van der Waals surface area contributed by atoms with Gasteiger partial charge in [-0.2, -0.15) is 0 Å². The molecule has 0 N–H and O–H groups in total. The molecule has 0 unspecified atom stereocenters. The van der Waals surface area contributed by atoms with E-state index in [-0.39, 0.29) is 24.6 Å². The van der Waals surface area contributed by atoms with Crippen molar-refractivity contribution < 1.29 is 38.0 Å². The smallest absolute Gasteiger partial charge is 0.303 e. The zero-order valence-electron chi connectivity index (χ0n) is 20.1. The molecule has 1 aliphatic carbocycles. The monoisotopic (exact) mass is 458 g/mol. The number of ether oxygens (including phenoxy) is 7. The van der Waals surface area contributed by atoms with Crippen LogP contribution in [-0.4, -0.2) is 41.2 Å². The van der Waals surface area contributed by atoms with Crippen molar-refractivity contribution in [1.82, 2.24) is 0 Å². The Kier molecular flexibility index (Phi) is 6.19. The lowest BCUT2D eigenvalue weighted by Crippen LogP contribution is -2.26. The first-order chi connectivity index (χ1) is 15.9. The van der Waals surface area contributed by atoms with Crippen LogP contribution in [0.2, 0.25) is 0 Å². The predicted molar refractivity (Wildman–Crippen MR) is 121 cm³/mol. The van der Waals surface area contributed by atoms with Crippen LogP contribution in [0.3, 0.4) is 0 Å². The van der Waals surface area contributed by atoms with Crippen LogP contribution in [0.25, 0.3) is 11.1 Å². The molecule has 0 fully saturated rings. The summed E-state index contributed by atoms with van der Waals surface area (Å²) in [5, 5.41) is 0. The minimum atomic E-state index is -0.526. The summed E-state index contributed by atoms with van der Waals surface area (Å²) in [7, 11) is 6.34. The van der Waals surface area contributed by atoms with Crippen molar-refractivity contribution in [3.05, 3.63) is 23.3 Å². The van der Waals surface area contributed by atoms with E-state index >= 15 is 0 Å². The number of benzene rings is 2. The maximum absolute atomic E-state index is 12.1. The van der Waals surface area contributed by atoms with E-state index in [0.29, 0.717) is 40.9 Å². The van der Waals surface area contributed by atoms with Crippen LogP contribution >= 0.6 is 0 Å². The second-order valence-electron chi connectivity index (χ2n) is 8.36. The third kappa shape index (κ3) is 3.67. The average molecular weight is 459 g/mol. The van der Waals surface area contributed by atoms with Crippen LogP contribution in [-0.2, 0) is 16.0 Å². The van der Waals surface area contributed by atoms with Crippen LogP contribution in [0.4, 0.5) is 0 Å². The van der Waals surface area contributed by atoms with Crippen LogP contribution in [0, 0.1) is 11.8 Å². The van der Waals surface area contributed by atoms with Crippen LogP contribution in [0.5, 0.6) is 34.5 Å². The molecule has 2 aromatic rings. The number of carbonyl (C=O) groups excluding carboxylic acids is 1. The molecule has 0 amide bonds. The highest BCUT2D eigenvalue weighted by atomic mass is 16.7. The molecule has 3 atom stereocenters. The third-order valence-electron chi connectivity index (χ3n) is 6.53. The van der Waals surface area contributed by atoms with Crippen molar-refractivity contribution in [2.24, 2.45) is 11.8 Å². The molecule has 0 radical (unpaired) electrons. The summed E-state index contributed by atoms with van der Waals surface area (Å²) in [6.07, 6.45) is 0.170. The maximum atomic E-state index is 12.1. The van der Waals surface area contributed by atoms with Crippen LogP contribution < -0.4 is 28.4 Å². The Balaban J connectivity index is 2.16. The minimum absolute atomic E-state index is 0.00460. The van der Waals surface area contributed by atoms with Crippen molar-refractivity contribution in [3.8, 4) is 45.6 Å². The van der Waals surface area contributed by atoms with Gasteiger partial charge in [-0.15, -0.1) is 0 Å². The molecule has 0 saturated heterocycles. The normalized spacial score (nSPS) is 20.6. The lowest BCUT2D eigenvalue weighted by atomic mass is 9.76. The standard InChI is InChI=1S/C25H30O8/c1-12-8-15-9-17(27-4)22(28-5)24(29-6)19(15)20-16(21(13(12)2)33-14(3)26)10-18-23(25(20)30-7)32-11-31-18/h9-10,12-13,21H,8,11H2,1-7H3/t12-,13-,21+/m1/s1. The summed E-state index contributed by atoms with van der Waals surface area (Å²) in [5.74, 6) is 2.90. The molecule has 2 aliphatic rings. The highest BCUT2D eigenvalue weighted by Gasteiger charge is 2.39. The average Bonchev–Trinajstić information content (AvgIpc) is 3.27. The maximum Gasteiger partial charge on any atom is 0.303 e. The molecule has 8 nitrogen and oxygen atoms in total. The first-order valence-corrected chi connectivity index (χ1v) is 10.9. The molecular formula is C25H30O8. The molecule has 1 aliphatic heterocycles. The topological polar surface area (TPSA) is 81.7 Å². The van der Waals surface area contributed by atoms with E-state index in [1.54, 1.807) is 28.4 Å². The highest BCUT2D eigenvalue weighted by molar-refractivity contribution is 5.89. The van der Waals surface area contributed by atoms with Gasteiger partial charge < -0.3 is 33.2 Å². The molecule has 178 valence electrons. The van der Waals surface area contributed by atoms with Gasteiger partial charge in [-0.25, -0.2) is 0 Å². The molecule has 33 heavy (non-hydrogen) atoms. The quantitative estimate of drug-likeness (QED) is 0.604. The second kappa shape index (κ2) is 8.92. The molecule has 8 heteroatoms. The Morgan fingerprint density at radius 3 is 2.21 bits per heavy atom. The van der Waals surface area contributed by atoms with Crippen LogP contribution in [0.1, 0.15) is 38.0 Å². The van der Waals surface area contributed by atoms with Crippen molar-refractivity contribution in [3.63, 3.8) is 0 Å². The van der Waals surface area contributed by atoms with Gasteiger partial charge in [0.25, 0.3) is 0 Å². The Morgan fingerprint density at radius 2 is 1.61 bits per heavy atom. The van der Waals surface area contributed by atoms with Gasteiger partial charge in [0, 0.05) is 29.5 Å². The van der Waals surface area contributed by atoms with E-state index in [9.17, 15) is 4.79 Å². The van der Waals surface area contributed by atoms with E-state index in [0.717, 1.165) is 22.3 Å². The lowest BCUT2D eigenvalue weighted by molar-refractivity contribution is -0.150. The Hall–Kier alpha value is -3.29. The van der Waals surface area contributed by atoms with Gasteiger partial charge in [-0.3, -0.25) is 4.79 Å². The largest absolute Gasteiger partial charge is 0.493 e. The molecule has 1 heterocycles. The Labute approximate surface area is 193 Å². The fraction of sp³-hybridized carbons (Fsp3) is 0.480. The van der Waals surface area contributed by atoms with Gasteiger partial charge in [0.2, 0.25) is 18.3 Å². The molecular weight excluding hydrogens is 428 g/mol. The number of methoxy groups -OCH3 is 4. The van der Waals surface area contributed by atoms with E-state index < -0.39 is 6.10 Å². The summed E-state index contributed by atoms with van der Waals surface area (Å²) in [4.78, 5) is 12.1. The Morgan fingerprint density at radius 1 is 0.909 bits per heavy atom. The SMILES string of the molecule is COc1cc2c(c(OC)c1OC)-c1c(cc3c(c1OC)OCO3)[C@@H](OC(C)=O)[C@H](C)[C@H](C)C2. The van der Waals surface area contributed by atoms with Crippen molar-refractivity contribution in [2.45, 2.75) is 33.3 Å². The zero-order valence-corrected chi connectivity index (χ0v) is 20.1. The van der Waals surface area contributed by atoms with E-state index in [1.807, 2.05) is 12.1 Å². The van der Waals surface area contributed by atoms with Crippen molar-refractivity contribution in [2.75, 3.05) is 35.2 Å². The molecule has 2 aromatic carbocycles. The second-order valence-corrected chi connectivity index (χ2v) is 8.36. The van der Waals surface area contributed by atoms with Crippen molar-refractivity contribution >= 4 is 5.97 Å². The number of hydrogen-bond acceptors (Lipinski definition) is 8. The van der Waals surface area contributed by atoms with Gasteiger partial charge in [-0.1, -0.05) is 13.8 Å². The van der Waals surface area contributed by atoms with Gasteiger partial charge >= 0.3 is 5.97 Å². The Bertz CT molecular complexity index is 1080. The molecule has 0 bridgehead atoms. The predicted octanol–water partition coefficient (Wildman–Crippen LogP) is 4.55. The molecule has 0 saturated carbocycles. The number of fused-ring (bicyclic) bond motifs is 4. The lowest BCUT2D eigenvalue weighted by Gasteiger charge is -2.35. The van der Waals surface area contributed by atoms with E-state index in [4.69, 9.17) is 33.2 Å². The summed E-state index contributed by atoms with van der Waals surface area (Å²) in [5.41, 5.74) is 3.27. The van der Waals surface area contributed by atoms with Gasteiger partial charge in [0.15, 0.2) is 23.0 Å². The van der Waals surface area contributed by atoms with Gasteiger partial charge in [0.05, 0.1) is 28.4 Å². The van der Waals surface area contributed by atoms with E-state index in [2.05, 4.69) is 13.8 Å². The number of carbonyl (C=O) groups is 1. The summed E-state index contributed by atoms with van der Waals surface area (Å²) in [6.45, 7) is 5.72. The third-order valence-corrected chi connectivity index (χ3v) is 6.53. The molecule has 0 aromatic heterocycles. The zero-order chi connectivity index (χ0) is 23.9. The number of esters is 1. The van der Waals surface area contributed by atoms with Gasteiger partial charge in [-0.05, 0) is 30.0 Å². The highest BCUT2D eigenvalue weighted by Crippen LogP contribution is 2.58. The van der Waals surface area contributed by atoms with Crippen molar-refractivity contribution in [1.29, 1.82) is 0 Å². The summed E-state index contributed by atoms with van der Waals surface area (Å²) >= 11 is 0. The van der Waals surface area contributed by atoms with E-state index in [1.165, 1.54) is 6.92 Å². The number of hydrogen-bond donors (Lipinski definition) is 0. The first kappa shape index (κ1) is 22.9. The molecule has 0 spiro atoms. The fourth-order valence-corrected chi connectivity index (χ4v) is 4.81.